The molecule has 0 saturated heterocycles. The van der Waals surface area contributed by atoms with Gasteiger partial charge in [0.2, 0.25) is 5.91 Å². The predicted octanol–water partition coefficient (Wildman–Crippen LogP) is 3.41. The second-order valence-corrected chi connectivity index (χ2v) is 6.04. The van der Waals surface area contributed by atoms with Gasteiger partial charge in [0.25, 0.3) is 0 Å². The van der Waals surface area contributed by atoms with Crippen molar-refractivity contribution >= 4 is 29.1 Å². The van der Waals surface area contributed by atoms with Gasteiger partial charge in [0.15, 0.2) is 0 Å². The van der Waals surface area contributed by atoms with E-state index in [4.69, 9.17) is 28.9 Å². The number of rotatable bonds is 6. The van der Waals surface area contributed by atoms with Crippen molar-refractivity contribution < 1.29 is 4.79 Å². The molecule has 3 atom stereocenters. The highest BCUT2D eigenvalue weighted by molar-refractivity contribution is 6.36. The number of amides is 1. The molecule has 1 aromatic rings. The summed E-state index contributed by atoms with van der Waals surface area (Å²) in [5, 5.41) is 4.15. The molecule has 112 valence electrons. The van der Waals surface area contributed by atoms with Gasteiger partial charge in [0.05, 0.1) is 6.04 Å². The molecule has 3 unspecified atom stereocenters. The van der Waals surface area contributed by atoms with E-state index >= 15 is 0 Å². The molecule has 3 nitrogen and oxygen atoms in total. The standard InChI is InChI=1S/C15H22Cl2N2O/c1-4-9(2)14(18)15(20)19-10(3)8-11-12(16)6-5-7-13(11)17/h5-7,9-10,14H,4,8,18H2,1-3H3,(H,19,20). The van der Waals surface area contributed by atoms with Gasteiger partial charge in [-0.3, -0.25) is 4.79 Å². The van der Waals surface area contributed by atoms with Crippen LogP contribution in [0, 0.1) is 5.92 Å². The first-order valence-corrected chi connectivity index (χ1v) is 7.61. The molecule has 0 heterocycles. The Morgan fingerprint density at radius 3 is 2.35 bits per heavy atom. The molecule has 0 fully saturated rings. The summed E-state index contributed by atoms with van der Waals surface area (Å²) in [4.78, 5) is 12.0. The zero-order valence-electron chi connectivity index (χ0n) is 12.1. The molecule has 0 aliphatic heterocycles. The van der Waals surface area contributed by atoms with Crippen LogP contribution in [0.2, 0.25) is 10.0 Å². The Balaban J connectivity index is 2.64. The smallest absolute Gasteiger partial charge is 0.237 e. The van der Waals surface area contributed by atoms with Crippen molar-refractivity contribution in [2.45, 2.75) is 45.7 Å². The van der Waals surface area contributed by atoms with Gasteiger partial charge >= 0.3 is 0 Å². The fourth-order valence-electron chi connectivity index (χ4n) is 1.94. The second kappa shape index (κ2) is 7.87. The third-order valence-electron chi connectivity index (χ3n) is 3.52. The Morgan fingerprint density at radius 2 is 1.85 bits per heavy atom. The number of halogens is 2. The van der Waals surface area contributed by atoms with E-state index in [1.165, 1.54) is 0 Å². The summed E-state index contributed by atoms with van der Waals surface area (Å²) in [6.45, 7) is 5.91. The van der Waals surface area contributed by atoms with E-state index in [1.54, 1.807) is 18.2 Å². The first-order chi connectivity index (χ1) is 9.36. The maximum atomic E-state index is 12.0. The molecule has 0 spiro atoms. The molecule has 3 N–H and O–H groups in total. The third-order valence-corrected chi connectivity index (χ3v) is 4.23. The maximum absolute atomic E-state index is 12.0. The van der Waals surface area contributed by atoms with Crippen molar-refractivity contribution in [2.24, 2.45) is 11.7 Å². The lowest BCUT2D eigenvalue weighted by Crippen LogP contribution is -2.48. The SMILES string of the molecule is CCC(C)C(N)C(=O)NC(C)Cc1c(Cl)cccc1Cl. The Hall–Kier alpha value is -0.770. The minimum absolute atomic E-state index is 0.0741. The van der Waals surface area contributed by atoms with Gasteiger partial charge < -0.3 is 11.1 Å². The van der Waals surface area contributed by atoms with Crippen molar-refractivity contribution in [3.05, 3.63) is 33.8 Å². The van der Waals surface area contributed by atoms with E-state index in [9.17, 15) is 4.79 Å². The average Bonchev–Trinajstić information content (AvgIpc) is 2.41. The van der Waals surface area contributed by atoms with Gasteiger partial charge in [-0.25, -0.2) is 0 Å². The monoisotopic (exact) mass is 316 g/mol. The average molecular weight is 317 g/mol. The van der Waals surface area contributed by atoms with E-state index in [-0.39, 0.29) is 17.9 Å². The quantitative estimate of drug-likeness (QED) is 0.845. The molecule has 0 aliphatic carbocycles. The molecule has 0 radical (unpaired) electrons. The summed E-state index contributed by atoms with van der Waals surface area (Å²) in [5.74, 6) is 0.0288. The van der Waals surface area contributed by atoms with E-state index in [1.807, 2.05) is 20.8 Å². The molecule has 0 saturated carbocycles. The van der Waals surface area contributed by atoms with Crippen molar-refractivity contribution in [3.8, 4) is 0 Å². The Kier molecular flexibility index (Phi) is 6.80. The van der Waals surface area contributed by atoms with E-state index in [0.29, 0.717) is 16.5 Å². The number of carbonyl (C=O) groups is 1. The second-order valence-electron chi connectivity index (χ2n) is 5.23. The van der Waals surface area contributed by atoms with Crippen LogP contribution in [-0.2, 0) is 11.2 Å². The Labute approximate surface area is 130 Å². The van der Waals surface area contributed by atoms with Crippen LogP contribution >= 0.6 is 23.2 Å². The topological polar surface area (TPSA) is 55.1 Å². The van der Waals surface area contributed by atoms with Crippen LogP contribution in [0.1, 0.15) is 32.8 Å². The molecular weight excluding hydrogens is 295 g/mol. The number of nitrogens with one attached hydrogen (secondary N) is 1. The molecule has 20 heavy (non-hydrogen) atoms. The summed E-state index contributed by atoms with van der Waals surface area (Å²) in [7, 11) is 0. The predicted molar refractivity (Wildman–Crippen MR) is 85.2 cm³/mol. The van der Waals surface area contributed by atoms with Crippen molar-refractivity contribution in [3.63, 3.8) is 0 Å². The molecule has 5 heteroatoms. The lowest BCUT2D eigenvalue weighted by Gasteiger charge is -2.21. The van der Waals surface area contributed by atoms with Crippen molar-refractivity contribution in [1.29, 1.82) is 0 Å². The molecule has 0 aromatic heterocycles. The number of benzene rings is 1. The zero-order chi connectivity index (χ0) is 15.3. The fourth-order valence-corrected chi connectivity index (χ4v) is 2.49. The summed E-state index contributed by atoms with van der Waals surface area (Å²) in [6, 6.07) is 4.83. The van der Waals surface area contributed by atoms with Gasteiger partial charge in [-0.1, -0.05) is 49.5 Å². The summed E-state index contributed by atoms with van der Waals surface area (Å²) < 4.78 is 0. The molecular formula is C15H22Cl2N2O. The van der Waals surface area contributed by atoms with E-state index in [0.717, 1.165) is 12.0 Å². The zero-order valence-corrected chi connectivity index (χ0v) is 13.6. The third kappa shape index (κ3) is 4.65. The molecule has 0 bridgehead atoms. The van der Waals surface area contributed by atoms with Crippen LogP contribution in [0.15, 0.2) is 18.2 Å². The van der Waals surface area contributed by atoms with Gasteiger partial charge in [-0.15, -0.1) is 0 Å². The molecule has 1 rings (SSSR count). The first-order valence-electron chi connectivity index (χ1n) is 6.85. The lowest BCUT2D eigenvalue weighted by molar-refractivity contribution is -0.124. The largest absolute Gasteiger partial charge is 0.352 e. The molecule has 1 amide bonds. The minimum Gasteiger partial charge on any atom is -0.352 e. The summed E-state index contributed by atoms with van der Waals surface area (Å²) in [6.07, 6.45) is 1.46. The van der Waals surface area contributed by atoms with Crippen LogP contribution in [0.5, 0.6) is 0 Å². The number of carbonyl (C=O) groups excluding carboxylic acids is 1. The van der Waals surface area contributed by atoms with Crippen LogP contribution in [0.25, 0.3) is 0 Å². The van der Waals surface area contributed by atoms with Crippen LogP contribution in [0.4, 0.5) is 0 Å². The van der Waals surface area contributed by atoms with Gasteiger partial charge in [-0.05, 0) is 37.0 Å². The van der Waals surface area contributed by atoms with E-state index < -0.39 is 6.04 Å². The normalized spacial score (nSPS) is 15.5. The Morgan fingerprint density at radius 1 is 1.30 bits per heavy atom. The Bertz CT molecular complexity index is 445. The number of hydrogen-bond donors (Lipinski definition) is 2. The highest BCUT2D eigenvalue weighted by atomic mass is 35.5. The van der Waals surface area contributed by atoms with Crippen LogP contribution in [0.3, 0.4) is 0 Å². The molecule has 0 aliphatic rings. The maximum Gasteiger partial charge on any atom is 0.237 e. The number of hydrogen-bond acceptors (Lipinski definition) is 2. The van der Waals surface area contributed by atoms with Crippen molar-refractivity contribution in [2.75, 3.05) is 0 Å². The number of nitrogens with two attached hydrogens (primary N) is 1. The highest BCUT2D eigenvalue weighted by Gasteiger charge is 2.21. The van der Waals surface area contributed by atoms with Gasteiger partial charge in [0.1, 0.15) is 0 Å². The first kappa shape index (κ1) is 17.3. The minimum atomic E-state index is -0.482. The fraction of sp³-hybridized carbons (Fsp3) is 0.533. The molecule has 1 aromatic carbocycles. The summed E-state index contributed by atoms with van der Waals surface area (Å²) >= 11 is 12.2. The lowest BCUT2D eigenvalue weighted by atomic mass is 9.98. The van der Waals surface area contributed by atoms with E-state index in [2.05, 4.69) is 5.32 Å². The highest BCUT2D eigenvalue weighted by Crippen LogP contribution is 2.25. The van der Waals surface area contributed by atoms with Crippen LogP contribution < -0.4 is 11.1 Å². The van der Waals surface area contributed by atoms with Gasteiger partial charge in [-0.2, -0.15) is 0 Å². The van der Waals surface area contributed by atoms with Crippen molar-refractivity contribution in [1.82, 2.24) is 5.32 Å². The van der Waals surface area contributed by atoms with Crippen LogP contribution in [-0.4, -0.2) is 18.0 Å². The summed E-state index contributed by atoms with van der Waals surface area (Å²) in [5.41, 5.74) is 6.76. The van der Waals surface area contributed by atoms with Gasteiger partial charge in [0, 0.05) is 16.1 Å².